The molecule has 2 rings (SSSR count). The second kappa shape index (κ2) is 6.95. The minimum atomic E-state index is 0.404. The SMILES string of the molecule is CCNC(c1ccc2cc(OC)ccc2c1)C(C)C(C)C. The summed E-state index contributed by atoms with van der Waals surface area (Å²) in [7, 11) is 1.71. The van der Waals surface area contributed by atoms with Crippen molar-refractivity contribution >= 4 is 10.8 Å². The summed E-state index contributed by atoms with van der Waals surface area (Å²) >= 11 is 0. The molecule has 0 radical (unpaired) electrons. The standard InChI is InChI=1S/C19H27NO/c1-6-20-19(14(4)13(2)3)17-8-7-16-12-18(21-5)10-9-15(16)11-17/h7-14,19-20H,6H2,1-5H3. The summed E-state index contributed by atoms with van der Waals surface area (Å²) in [4.78, 5) is 0. The molecule has 114 valence electrons. The van der Waals surface area contributed by atoms with E-state index in [1.807, 2.05) is 6.07 Å². The molecule has 2 aromatic rings. The van der Waals surface area contributed by atoms with Gasteiger partial charge in [-0.3, -0.25) is 0 Å². The van der Waals surface area contributed by atoms with Gasteiger partial charge in [-0.1, -0.05) is 45.9 Å². The lowest BCUT2D eigenvalue weighted by molar-refractivity contribution is 0.307. The van der Waals surface area contributed by atoms with Gasteiger partial charge in [-0.25, -0.2) is 0 Å². The fraction of sp³-hybridized carbons (Fsp3) is 0.474. The Labute approximate surface area is 128 Å². The fourth-order valence-corrected chi connectivity index (χ4v) is 2.77. The van der Waals surface area contributed by atoms with E-state index in [0.29, 0.717) is 17.9 Å². The van der Waals surface area contributed by atoms with E-state index < -0.39 is 0 Å². The summed E-state index contributed by atoms with van der Waals surface area (Å²) < 4.78 is 5.30. The maximum Gasteiger partial charge on any atom is 0.119 e. The molecule has 2 aromatic carbocycles. The van der Waals surface area contributed by atoms with Crippen LogP contribution in [0, 0.1) is 11.8 Å². The number of ether oxygens (including phenoxy) is 1. The summed E-state index contributed by atoms with van der Waals surface area (Å²) in [6.07, 6.45) is 0. The molecule has 0 fully saturated rings. The third-order valence-electron chi connectivity index (χ3n) is 4.43. The van der Waals surface area contributed by atoms with Gasteiger partial charge >= 0.3 is 0 Å². The molecule has 2 heteroatoms. The summed E-state index contributed by atoms with van der Waals surface area (Å²) in [5, 5.41) is 6.14. The van der Waals surface area contributed by atoms with Crippen LogP contribution < -0.4 is 10.1 Å². The Morgan fingerprint density at radius 2 is 1.67 bits per heavy atom. The molecule has 2 unspecified atom stereocenters. The molecular weight excluding hydrogens is 258 g/mol. The Bertz CT molecular complexity index is 591. The minimum absolute atomic E-state index is 0.404. The zero-order valence-corrected chi connectivity index (χ0v) is 13.8. The summed E-state index contributed by atoms with van der Waals surface area (Å²) in [5.74, 6) is 2.16. The predicted octanol–water partition coefficient (Wildman–Crippen LogP) is 4.79. The number of benzene rings is 2. The Morgan fingerprint density at radius 3 is 2.29 bits per heavy atom. The van der Waals surface area contributed by atoms with Crippen molar-refractivity contribution in [2.24, 2.45) is 11.8 Å². The van der Waals surface area contributed by atoms with Crippen molar-refractivity contribution in [3.8, 4) is 5.75 Å². The molecule has 0 saturated heterocycles. The lowest BCUT2D eigenvalue weighted by atomic mass is 9.85. The molecule has 0 aliphatic heterocycles. The average molecular weight is 285 g/mol. The van der Waals surface area contributed by atoms with Crippen LogP contribution in [0.15, 0.2) is 36.4 Å². The third-order valence-corrected chi connectivity index (χ3v) is 4.43. The molecule has 0 aromatic heterocycles. The van der Waals surface area contributed by atoms with Gasteiger partial charge in [-0.2, -0.15) is 0 Å². The molecule has 21 heavy (non-hydrogen) atoms. The molecular formula is C19H27NO. The van der Waals surface area contributed by atoms with Crippen LogP contribution in [0.25, 0.3) is 10.8 Å². The van der Waals surface area contributed by atoms with Gasteiger partial charge in [0.25, 0.3) is 0 Å². The van der Waals surface area contributed by atoms with Crippen molar-refractivity contribution in [1.82, 2.24) is 5.32 Å². The minimum Gasteiger partial charge on any atom is -0.497 e. The number of methoxy groups -OCH3 is 1. The largest absolute Gasteiger partial charge is 0.497 e. The zero-order valence-electron chi connectivity index (χ0n) is 13.8. The number of hydrogen-bond acceptors (Lipinski definition) is 2. The van der Waals surface area contributed by atoms with E-state index in [2.05, 4.69) is 63.3 Å². The number of hydrogen-bond donors (Lipinski definition) is 1. The topological polar surface area (TPSA) is 21.3 Å². The quantitative estimate of drug-likeness (QED) is 0.824. The van der Waals surface area contributed by atoms with Gasteiger partial charge in [0, 0.05) is 6.04 Å². The molecule has 1 N–H and O–H groups in total. The molecule has 0 saturated carbocycles. The van der Waals surface area contributed by atoms with Gasteiger partial charge in [-0.05, 0) is 52.9 Å². The Balaban J connectivity index is 2.39. The normalized spacial score (nSPS) is 14.4. The van der Waals surface area contributed by atoms with E-state index in [4.69, 9.17) is 4.74 Å². The van der Waals surface area contributed by atoms with Crippen molar-refractivity contribution in [2.75, 3.05) is 13.7 Å². The van der Waals surface area contributed by atoms with E-state index >= 15 is 0 Å². The van der Waals surface area contributed by atoms with Crippen LogP contribution in [0.4, 0.5) is 0 Å². The van der Waals surface area contributed by atoms with Gasteiger partial charge in [0.2, 0.25) is 0 Å². The van der Waals surface area contributed by atoms with Crippen molar-refractivity contribution in [1.29, 1.82) is 0 Å². The molecule has 2 atom stereocenters. The highest BCUT2D eigenvalue weighted by molar-refractivity contribution is 5.84. The molecule has 0 heterocycles. The first-order chi connectivity index (χ1) is 10.1. The lowest BCUT2D eigenvalue weighted by Crippen LogP contribution is -2.29. The molecule has 0 aliphatic rings. The Kier molecular flexibility index (Phi) is 5.24. The van der Waals surface area contributed by atoms with Gasteiger partial charge in [0.1, 0.15) is 5.75 Å². The zero-order chi connectivity index (χ0) is 15.4. The first kappa shape index (κ1) is 15.8. The highest BCUT2D eigenvalue weighted by Gasteiger charge is 2.21. The first-order valence-corrected chi connectivity index (χ1v) is 7.88. The molecule has 0 spiro atoms. The number of fused-ring (bicyclic) bond motifs is 1. The second-order valence-corrected chi connectivity index (χ2v) is 6.11. The van der Waals surface area contributed by atoms with E-state index in [0.717, 1.165) is 12.3 Å². The van der Waals surface area contributed by atoms with Crippen molar-refractivity contribution in [3.63, 3.8) is 0 Å². The van der Waals surface area contributed by atoms with Gasteiger partial charge in [-0.15, -0.1) is 0 Å². The number of rotatable bonds is 6. The van der Waals surface area contributed by atoms with Gasteiger partial charge < -0.3 is 10.1 Å². The summed E-state index contributed by atoms with van der Waals surface area (Å²) in [6.45, 7) is 10.1. The maximum atomic E-state index is 5.30. The van der Waals surface area contributed by atoms with Crippen LogP contribution >= 0.6 is 0 Å². The first-order valence-electron chi connectivity index (χ1n) is 7.88. The van der Waals surface area contributed by atoms with Crippen molar-refractivity contribution in [3.05, 3.63) is 42.0 Å². The highest BCUT2D eigenvalue weighted by atomic mass is 16.5. The smallest absolute Gasteiger partial charge is 0.119 e. The van der Waals surface area contributed by atoms with E-state index in [9.17, 15) is 0 Å². The lowest BCUT2D eigenvalue weighted by Gasteiger charge is -2.28. The van der Waals surface area contributed by atoms with Crippen LogP contribution in [-0.2, 0) is 0 Å². The van der Waals surface area contributed by atoms with E-state index in [1.165, 1.54) is 16.3 Å². The molecule has 2 nitrogen and oxygen atoms in total. The summed E-state index contributed by atoms with van der Waals surface area (Å²) in [6, 6.07) is 13.4. The highest BCUT2D eigenvalue weighted by Crippen LogP contribution is 2.30. The van der Waals surface area contributed by atoms with E-state index in [-0.39, 0.29) is 0 Å². The third kappa shape index (κ3) is 3.56. The second-order valence-electron chi connectivity index (χ2n) is 6.11. The number of nitrogens with one attached hydrogen (secondary N) is 1. The van der Waals surface area contributed by atoms with Crippen molar-refractivity contribution in [2.45, 2.75) is 33.7 Å². The van der Waals surface area contributed by atoms with Gasteiger partial charge in [0.15, 0.2) is 0 Å². The Hall–Kier alpha value is -1.54. The molecule has 0 aliphatic carbocycles. The Morgan fingerprint density at radius 1 is 1.00 bits per heavy atom. The predicted molar refractivity (Wildman–Crippen MR) is 90.9 cm³/mol. The van der Waals surface area contributed by atoms with Crippen LogP contribution in [0.1, 0.15) is 39.3 Å². The molecule has 0 amide bonds. The van der Waals surface area contributed by atoms with Crippen LogP contribution in [-0.4, -0.2) is 13.7 Å². The van der Waals surface area contributed by atoms with Crippen LogP contribution in [0.2, 0.25) is 0 Å². The summed E-state index contributed by atoms with van der Waals surface area (Å²) in [5.41, 5.74) is 1.37. The van der Waals surface area contributed by atoms with Crippen LogP contribution in [0.3, 0.4) is 0 Å². The maximum absolute atomic E-state index is 5.30. The monoisotopic (exact) mass is 285 g/mol. The molecule has 0 bridgehead atoms. The average Bonchev–Trinajstić information content (AvgIpc) is 2.50. The van der Waals surface area contributed by atoms with E-state index in [1.54, 1.807) is 7.11 Å². The fourth-order valence-electron chi connectivity index (χ4n) is 2.77. The van der Waals surface area contributed by atoms with Crippen molar-refractivity contribution < 1.29 is 4.74 Å². The van der Waals surface area contributed by atoms with Crippen LogP contribution in [0.5, 0.6) is 5.75 Å². The van der Waals surface area contributed by atoms with Gasteiger partial charge in [0.05, 0.1) is 7.11 Å².